The second-order valence-corrected chi connectivity index (χ2v) is 14.0. The Hall–Kier alpha value is -5.03. The van der Waals surface area contributed by atoms with E-state index in [1.165, 1.54) is 18.7 Å². The van der Waals surface area contributed by atoms with Gasteiger partial charge in [0.05, 0.1) is 18.6 Å². The maximum absolute atomic E-state index is 13.6. The van der Waals surface area contributed by atoms with Gasteiger partial charge in [0.2, 0.25) is 35.4 Å². The molecule has 0 aliphatic heterocycles. The first-order valence-electron chi connectivity index (χ1n) is 17.1. The monoisotopic (exact) mass is 807 g/mol. The van der Waals surface area contributed by atoms with Crippen molar-refractivity contribution in [1.29, 1.82) is 0 Å². The van der Waals surface area contributed by atoms with E-state index >= 15 is 0 Å². The number of carboxylic acid groups (broad SMARTS) is 4. The van der Waals surface area contributed by atoms with Crippen molar-refractivity contribution < 1.29 is 73.5 Å². The number of carboxylic acids is 4. The van der Waals surface area contributed by atoms with Crippen molar-refractivity contribution in [3.8, 4) is 0 Å². The zero-order chi connectivity index (χ0) is 42.6. The molecule has 55 heavy (non-hydrogen) atoms. The summed E-state index contributed by atoms with van der Waals surface area (Å²) in [7, 11) is 0. The van der Waals surface area contributed by atoms with E-state index in [1.54, 1.807) is 20.1 Å². The number of aliphatic carboxylic acids is 4. The Balaban J connectivity index is 6.42. The van der Waals surface area contributed by atoms with Crippen LogP contribution in [-0.4, -0.2) is 145 Å². The van der Waals surface area contributed by atoms with Crippen molar-refractivity contribution in [1.82, 2.24) is 31.9 Å². The van der Waals surface area contributed by atoms with Gasteiger partial charge < -0.3 is 63.2 Å². The Labute approximate surface area is 320 Å². The van der Waals surface area contributed by atoms with Crippen molar-refractivity contribution in [2.75, 3.05) is 12.0 Å². The number of carbonyl (C=O) groups excluding carboxylic acids is 6. The number of nitrogens with one attached hydrogen (secondary N) is 6. The van der Waals surface area contributed by atoms with Gasteiger partial charge in [0.1, 0.15) is 36.3 Å². The highest BCUT2D eigenvalue weighted by Crippen LogP contribution is 2.11. The summed E-state index contributed by atoms with van der Waals surface area (Å²) in [5.41, 5.74) is 5.51. The minimum Gasteiger partial charge on any atom is -0.481 e. The number of carbonyl (C=O) groups is 10. The Bertz CT molecular complexity index is 1390. The summed E-state index contributed by atoms with van der Waals surface area (Å²) in [5.74, 6) is -12.0. The summed E-state index contributed by atoms with van der Waals surface area (Å²) in [4.78, 5) is 124. The first kappa shape index (κ1) is 50.0. The maximum Gasteiger partial charge on any atom is 0.326 e. The van der Waals surface area contributed by atoms with Gasteiger partial charge in [-0.15, -0.1) is 0 Å². The highest BCUT2D eigenvalue weighted by molar-refractivity contribution is 7.98. The maximum atomic E-state index is 13.6. The van der Waals surface area contributed by atoms with Crippen LogP contribution in [0.1, 0.15) is 72.6 Å². The molecule has 0 unspecified atom stereocenters. The lowest BCUT2D eigenvalue weighted by molar-refractivity contribution is -0.147. The molecule has 22 nitrogen and oxygen atoms in total. The molecule has 6 amide bonds. The second-order valence-electron chi connectivity index (χ2n) is 13.0. The molecule has 0 spiro atoms. The van der Waals surface area contributed by atoms with Crippen LogP contribution in [0.15, 0.2) is 0 Å². The van der Waals surface area contributed by atoms with E-state index in [0.29, 0.717) is 0 Å². The molecular formula is C32H53N7O15S. The van der Waals surface area contributed by atoms with Crippen molar-refractivity contribution in [3.05, 3.63) is 0 Å². The number of nitrogens with two attached hydrogens (primary N) is 1. The third-order valence-electron chi connectivity index (χ3n) is 7.61. The normalized spacial score (nSPS) is 15.3. The third kappa shape index (κ3) is 20.3. The van der Waals surface area contributed by atoms with Gasteiger partial charge in [0.25, 0.3) is 0 Å². The Morgan fingerprint density at radius 3 is 1.31 bits per heavy atom. The Morgan fingerprint density at radius 1 is 0.545 bits per heavy atom. The van der Waals surface area contributed by atoms with Crippen LogP contribution in [0.4, 0.5) is 0 Å². The average molecular weight is 808 g/mol. The quantitative estimate of drug-likeness (QED) is 0.0387. The molecule has 312 valence electrons. The average Bonchev–Trinajstić information content (AvgIpc) is 3.06. The number of hydrogen-bond acceptors (Lipinski definition) is 13. The zero-order valence-electron chi connectivity index (χ0n) is 31.2. The Morgan fingerprint density at radius 2 is 0.945 bits per heavy atom. The number of aliphatic hydroxyl groups excluding tert-OH is 1. The van der Waals surface area contributed by atoms with E-state index in [4.69, 9.17) is 10.8 Å². The van der Waals surface area contributed by atoms with Gasteiger partial charge in [-0.05, 0) is 57.5 Å². The molecule has 0 fully saturated rings. The molecule has 0 radical (unpaired) electrons. The molecule has 0 rings (SSSR count). The minimum absolute atomic E-state index is 0.0356. The molecule has 8 atom stereocenters. The molecule has 23 heteroatoms. The predicted molar refractivity (Wildman–Crippen MR) is 193 cm³/mol. The smallest absolute Gasteiger partial charge is 0.326 e. The van der Waals surface area contributed by atoms with Crippen LogP contribution < -0.4 is 37.6 Å². The SMILES string of the molecule is CSCC[C@H](NC(=O)[C@H](CC(C)C)NC(=O)[C@H](CCC(=O)O)NC(=O)[C@H](CCC(=O)O)NC(=O)[C@@H](NC(=O)[C@H](C)N)[C@@H](C)O)C(=O)N[C@@H](CC(=O)O)C(=O)O. The minimum atomic E-state index is -1.82. The number of aliphatic hydroxyl groups is 1. The molecule has 0 aliphatic carbocycles. The van der Waals surface area contributed by atoms with Crippen LogP contribution >= 0.6 is 11.8 Å². The topological polar surface area (TPSA) is 370 Å². The van der Waals surface area contributed by atoms with Crippen LogP contribution in [0.5, 0.6) is 0 Å². The van der Waals surface area contributed by atoms with Gasteiger partial charge in [0.15, 0.2) is 0 Å². The molecule has 0 saturated heterocycles. The molecular weight excluding hydrogens is 754 g/mol. The van der Waals surface area contributed by atoms with E-state index in [2.05, 4.69) is 31.9 Å². The van der Waals surface area contributed by atoms with Gasteiger partial charge in [-0.1, -0.05) is 13.8 Å². The largest absolute Gasteiger partial charge is 0.481 e. The second kappa shape index (κ2) is 25.1. The summed E-state index contributed by atoms with van der Waals surface area (Å²) in [6.45, 7) is 5.82. The molecule has 0 aromatic heterocycles. The fourth-order valence-corrected chi connectivity index (χ4v) is 5.17. The molecule has 0 heterocycles. The lowest BCUT2D eigenvalue weighted by atomic mass is 10.0. The summed E-state index contributed by atoms with van der Waals surface area (Å²) in [6, 6.07) is -10.7. The van der Waals surface area contributed by atoms with Crippen molar-refractivity contribution in [2.24, 2.45) is 11.7 Å². The van der Waals surface area contributed by atoms with Gasteiger partial charge in [-0.25, -0.2) is 4.79 Å². The van der Waals surface area contributed by atoms with Crippen molar-refractivity contribution in [3.63, 3.8) is 0 Å². The van der Waals surface area contributed by atoms with Crippen LogP contribution in [-0.2, 0) is 47.9 Å². The predicted octanol–water partition coefficient (Wildman–Crippen LogP) is -3.29. The van der Waals surface area contributed by atoms with Crippen LogP contribution in [0.3, 0.4) is 0 Å². The van der Waals surface area contributed by atoms with Crippen LogP contribution in [0.25, 0.3) is 0 Å². The highest BCUT2D eigenvalue weighted by Gasteiger charge is 2.35. The number of rotatable bonds is 27. The molecule has 0 aromatic rings. The van der Waals surface area contributed by atoms with Crippen molar-refractivity contribution in [2.45, 2.75) is 121 Å². The summed E-state index contributed by atoms with van der Waals surface area (Å²) in [6.07, 6.45) is -3.34. The standard InChI is InChI=1S/C32H53N7O15S/c1-14(2)12-20(30(51)35-19(10-11-55-5)29(50)38-21(32(53)54)13-24(45)46)37-28(49)17(6-8-22(41)42)34-27(48)18(7-9-23(43)44)36-31(52)25(16(4)40)39-26(47)15(3)33/h14-21,25,40H,6-13,33H2,1-5H3,(H,34,48)(H,35,51)(H,36,52)(H,37,49)(H,38,50)(H,39,47)(H,41,42)(H,43,44)(H,45,46)(H,53,54)/t15-,16+,17-,18-,19-,20-,21-,25-/m0/s1. The van der Waals surface area contributed by atoms with Gasteiger partial charge in [0, 0.05) is 12.8 Å². The molecule has 13 N–H and O–H groups in total. The fourth-order valence-electron chi connectivity index (χ4n) is 4.70. The van der Waals surface area contributed by atoms with E-state index in [9.17, 15) is 68.4 Å². The third-order valence-corrected chi connectivity index (χ3v) is 8.26. The first-order valence-corrected chi connectivity index (χ1v) is 18.5. The molecule has 0 bridgehead atoms. The number of amides is 6. The summed E-state index contributed by atoms with van der Waals surface area (Å²) >= 11 is 1.28. The van der Waals surface area contributed by atoms with E-state index in [-0.39, 0.29) is 24.5 Å². The van der Waals surface area contributed by atoms with Gasteiger partial charge in [-0.3, -0.25) is 43.2 Å². The van der Waals surface area contributed by atoms with Gasteiger partial charge in [-0.2, -0.15) is 11.8 Å². The van der Waals surface area contributed by atoms with Crippen LogP contribution in [0.2, 0.25) is 0 Å². The van der Waals surface area contributed by atoms with Gasteiger partial charge >= 0.3 is 23.9 Å². The summed E-state index contributed by atoms with van der Waals surface area (Å²) in [5, 5.41) is 60.7. The zero-order valence-corrected chi connectivity index (χ0v) is 32.0. The van der Waals surface area contributed by atoms with E-state index in [0.717, 1.165) is 6.92 Å². The number of thioether (sulfide) groups is 1. The highest BCUT2D eigenvalue weighted by atomic mass is 32.2. The Kier molecular flexibility index (Phi) is 22.8. The number of hydrogen-bond donors (Lipinski definition) is 12. The van der Waals surface area contributed by atoms with E-state index in [1.807, 2.05) is 0 Å². The molecule has 0 aromatic carbocycles. The van der Waals surface area contributed by atoms with Crippen molar-refractivity contribution >= 4 is 71.1 Å². The van der Waals surface area contributed by atoms with E-state index < -0.39 is 140 Å². The fraction of sp³-hybridized carbons (Fsp3) is 0.688. The lowest BCUT2D eigenvalue weighted by Crippen LogP contribution is -2.61. The lowest BCUT2D eigenvalue weighted by Gasteiger charge is -2.28. The molecule has 0 aliphatic rings. The first-order chi connectivity index (χ1) is 25.5. The summed E-state index contributed by atoms with van der Waals surface area (Å²) < 4.78 is 0. The molecule has 0 saturated carbocycles. The van der Waals surface area contributed by atoms with Crippen LogP contribution in [0, 0.1) is 5.92 Å².